The van der Waals surface area contributed by atoms with E-state index in [9.17, 15) is 9.59 Å². The molecule has 1 aliphatic carbocycles. The van der Waals surface area contributed by atoms with Crippen molar-refractivity contribution in [3.63, 3.8) is 0 Å². The van der Waals surface area contributed by atoms with Gasteiger partial charge in [-0.05, 0) is 18.8 Å². The summed E-state index contributed by atoms with van der Waals surface area (Å²) in [6.07, 6.45) is 11.0. The largest absolute Gasteiger partial charge is 0.467 e. The molecule has 1 atom stereocenters. The van der Waals surface area contributed by atoms with Crippen molar-refractivity contribution >= 4 is 11.9 Å². The molecule has 4 heteroatoms. The van der Waals surface area contributed by atoms with E-state index in [4.69, 9.17) is 0 Å². The SMILES string of the molecule is COC(=O)[C@H](C/C=C/CC1CCCC1)NC(C)=O. The van der Waals surface area contributed by atoms with Crippen molar-refractivity contribution < 1.29 is 14.3 Å². The number of nitrogens with one attached hydrogen (secondary N) is 1. The molecule has 18 heavy (non-hydrogen) atoms. The van der Waals surface area contributed by atoms with E-state index < -0.39 is 12.0 Å². The van der Waals surface area contributed by atoms with Crippen LogP contribution in [0, 0.1) is 5.92 Å². The molecule has 1 fully saturated rings. The third-order valence-electron chi connectivity index (χ3n) is 3.35. The second-order valence-electron chi connectivity index (χ2n) is 4.87. The predicted octanol–water partition coefficient (Wildman–Crippen LogP) is 2.19. The van der Waals surface area contributed by atoms with Gasteiger partial charge < -0.3 is 10.1 Å². The number of carbonyl (C=O) groups excluding carboxylic acids is 2. The minimum Gasteiger partial charge on any atom is -0.467 e. The average molecular weight is 253 g/mol. The fraction of sp³-hybridized carbons (Fsp3) is 0.714. The van der Waals surface area contributed by atoms with Gasteiger partial charge in [0.25, 0.3) is 0 Å². The van der Waals surface area contributed by atoms with Gasteiger partial charge in [-0.25, -0.2) is 4.79 Å². The highest BCUT2D eigenvalue weighted by atomic mass is 16.5. The normalized spacial score (nSPS) is 17.9. The molecule has 0 aromatic heterocycles. The minimum atomic E-state index is -0.563. The van der Waals surface area contributed by atoms with Gasteiger partial charge in [0.15, 0.2) is 0 Å². The number of hydrogen-bond acceptors (Lipinski definition) is 3. The standard InChI is InChI=1S/C14H23NO3/c1-11(16)15-13(14(17)18-2)10-6-5-9-12-7-3-4-8-12/h5-6,12-13H,3-4,7-10H2,1-2H3,(H,15,16)/b6-5+/t13-/m0/s1. The summed E-state index contributed by atoms with van der Waals surface area (Å²) in [6, 6.07) is -0.563. The van der Waals surface area contributed by atoms with Crippen molar-refractivity contribution in [3.05, 3.63) is 12.2 Å². The smallest absolute Gasteiger partial charge is 0.328 e. The van der Waals surface area contributed by atoms with Gasteiger partial charge in [-0.2, -0.15) is 0 Å². The summed E-state index contributed by atoms with van der Waals surface area (Å²) in [6.45, 7) is 1.40. The van der Waals surface area contributed by atoms with E-state index in [1.807, 2.05) is 6.08 Å². The van der Waals surface area contributed by atoms with Crippen LogP contribution in [0.5, 0.6) is 0 Å². The van der Waals surface area contributed by atoms with E-state index in [0.29, 0.717) is 6.42 Å². The first-order valence-corrected chi connectivity index (χ1v) is 6.63. The molecule has 102 valence electrons. The summed E-state index contributed by atoms with van der Waals surface area (Å²) < 4.78 is 4.66. The Kier molecular flexibility index (Phi) is 6.47. The number of allylic oxidation sites excluding steroid dienone is 1. The van der Waals surface area contributed by atoms with Crippen LogP contribution in [0.25, 0.3) is 0 Å². The van der Waals surface area contributed by atoms with Crippen molar-refractivity contribution in [2.24, 2.45) is 5.92 Å². The maximum absolute atomic E-state index is 11.4. The molecule has 1 amide bonds. The highest BCUT2D eigenvalue weighted by Crippen LogP contribution is 2.27. The Bertz CT molecular complexity index is 306. The third-order valence-corrected chi connectivity index (χ3v) is 3.35. The van der Waals surface area contributed by atoms with Crippen LogP contribution in [0.1, 0.15) is 45.4 Å². The Morgan fingerprint density at radius 2 is 2.00 bits per heavy atom. The first kappa shape index (κ1) is 14.7. The lowest BCUT2D eigenvalue weighted by Crippen LogP contribution is -2.39. The summed E-state index contributed by atoms with van der Waals surface area (Å²) in [5, 5.41) is 2.59. The molecule has 1 rings (SSSR count). The summed E-state index contributed by atoms with van der Waals surface area (Å²) in [7, 11) is 1.33. The van der Waals surface area contributed by atoms with Crippen LogP contribution in [0.4, 0.5) is 0 Å². The number of amides is 1. The van der Waals surface area contributed by atoms with E-state index in [1.54, 1.807) is 0 Å². The molecule has 0 aromatic rings. The Balaban J connectivity index is 2.33. The molecule has 0 heterocycles. The molecular formula is C14H23NO3. The summed E-state index contributed by atoms with van der Waals surface area (Å²) in [4.78, 5) is 22.4. The number of methoxy groups -OCH3 is 1. The van der Waals surface area contributed by atoms with Crippen molar-refractivity contribution in [2.75, 3.05) is 7.11 Å². The van der Waals surface area contributed by atoms with Gasteiger partial charge in [0.05, 0.1) is 7.11 Å². The van der Waals surface area contributed by atoms with Gasteiger partial charge in [0, 0.05) is 6.92 Å². The second-order valence-corrected chi connectivity index (χ2v) is 4.87. The highest BCUT2D eigenvalue weighted by molar-refractivity contribution is 5.83. The van der Waals surface area contributed by atoms with Crippen molar-refractivity contribution in [2.45, 2.75) is 51.5 Å². The fourth-order valence-corrected chi connectivity index (χ4v) is 2.37. The van der Waals surface area contributed by atoms with Crippen molar-refractivity contribution in [1.82, 2.24) is 5.32 Å². The Morgan fingerprint density at radius 1 is 1.33 bits per heavy atom. The van der Waals surface area contributed by atoms with Crippen molar-refractivity contribution in [1.29, 1.82) is 0 Å². The van der Waals surface area contributed by atoms with Crippen LogP contribution >= 0.6 is 0 Å². The Labute approximate surface area is 109 Å². The quantitative estimate of drug-likeness (QED) is 0.583. The maximum Gasteiger partial charge on any atom is 0.328 e. The molecule has 0 radical (unpaired) electrons. The van der Waals surface area contributed by atoms with E-state index in [1.165, 1.54) is 39.7 Å². The second kappa shape index (κ2) is 7.90. The molecule has 0 aromatic carbocycles. The van der Waals surface area contributed by atoms with E-state index in [-0.39, 0.29) is 5.91 Å². The molecule has 0 spiro atoms. The zero-order chi connectivity index (χ0) is 13.4. The Hall–Kier alpha value is -1.32. The zero-order valence-corrected chi connectivity index (χ0v) is 11.3. The molecule has 0 unspecified atom stereocenters. The lowest BCUT2D eigenvalue weighted by Gasteiger charge is -2.13. The zero-order valence-electron chi connectivity index (χ0n) is 11.3. The van der Waals surface area contributed by atoms with Gasteiger partial charge in [0.1, 0.15) is 6.04 Å². The first-order valence-electron chi connectivity index (χ1n) is 6.63. The molecule has 0 bridgehead atoms. The first-order chi connectivity index (χ1) is 8.63. The topological polar surface area (TPSA) is 55.4 Å². The van der Waals surface area contributed by atoms with E-state index in [0.717, 1.165) is 12.3 Å². The van der Waals surface area contributed by atoms with Crippen LogP contribution in [-0.2, 0) is 14.3 Å². The number of hydrogen-bond donors (Lipinski definition) is 1. The average Bonchev–Trinajstić information content (AvgIpc) is 2.84. The summed E-state index contributed by atoms with van der Waals surface area (Å²) in [5.74, 6) is 0.198. The van der Waals surface area contributed by atoms with Gasteiger partial charge in [-0.15, -0.1) is 0 Å². The summed E-state index contributed by atoms with van der Waals surface area (Å²) >= 11 is 0. The van der Waals surface area contributed by atoms with Gasteiger partial charge in [-0.1, -0.05) is 37.8 Å². The molecular weight excluding hydrogens is 230 g/mol. The van der Waals surface area contributed by atoms with Crippen LogP contribution in [0.3, 0.4) is 0 Å². The summed E-state index contributed by atoms with van der Waals surface area (Å²) in [5.41, 5.74) is 0. The number of esters is 1. The van der Waals surface area contributed by atoms with Crippen molar-refractivity contribution in [3.8, 4) is 0 Å². The molecule has 4 nitrogen and oxygen atoms in total. The predicted molar refractivity (Wildman–Crippen MR) is 70.0 cm³/mol. The lowest BCUT2D eigenvalue weighted by atomic mass is 10.0. The van der Waals surface area contributed by atoms with E-state index >= 15 is 0 Å². The third kappa shape index (κ3) is 5.34. The molecule has 0 saturated heterocycles. The number of carbonyl (C=O) groups is 2. The van der Waals surface area contributed by atoms with Crippen LogP contribution in [0.2, 0.25) is 0 Å². The van der Waals surface area contributed by atoms with Crippen LogP contribution in [0.15, 0.2) is 12.2 Å². The maximum atomic E-state index is 11.4. The number of ether oxygens (including phenoxy) is 1. The fourth-order valence-electron chi connectivity index (χ4n) is 2.37. The van der Waals surface area contributed by atoms with Gasteiger partial charge >= 0.3 is 5.97 Å². The highest BCUT2D eigenvalue weighted by Gasteiger charge is 2.18. The molecule has 1 N–H and O–H groups in total. The Morgan fingerprint density at radius 3 is 2.56 bits per heavy atom. The molecule has 1 aliphatic rings. The van der Waals surface area contributed by atoms with Gasteiger partial charge in [-0.3, -0.25) is 4.79 Å². The van der Waals surface area contributed by atoms with Crippen LogP contribution < -0.4 is 5.32 Å². The molecule has 1 saturated carbocycles. The lowest BCUT2D eigenvalue weighted by molar-refractivity contribution is -0.144. The monoisotopic (exact) mass is 253 g/mol. The minimum absolute atomic E-state index is 0.213. The molecule has 0 aliphatic heterocycles. The van der Waals surface area contributed by atoms with Crippen LogP contribution in [-0.4, -0.2) is 25.0 Å². The number of rotatable bonds is 6. The van der Waals surface area contributed by atoms with E-state index in [2.05, 4.69) is 16.1 Å². The van der Waals surface area contributed by atoms with Gasteiger partial charge in [0.2, 0.25) is 5.91 Å².